The van der Waals surface area contributed by atoms with E-state index in [1.54, 1.807) is 42.5 Å². The van der Waals surface area contributed by atoms with Crippen molar-refractivity contribution in [2.24, 2.45) is 0 Å². The van der Waals surface area contributed by atoms with Crippen molar-refractivity contribution >= 4 is 23.0 Å². The van der Waals surface area contributed by atoms with Crippen LogP contribution in [0.25, 0.3) is 17.3 Å². The second-order valence-electron chi connectivity index (χ2n) is 5.68. The summed E-state index contributed by atoms with van der Waals surface area (Å²) >= 11 is 1.10. The second-order valence-corrected chi connectivity index (χ2v) is 6.71. The highest BCUT2D eigenvalue weighted by Crippen LogP contribution is 2.10. The van der Waals surface area contributed by atoms with Crippen LogP contribution in [0.1, 0.15) is 16.7 Å². The first-order chi connectivity index (χ1) is 13.1. The van der Waals surface area contributed by atoms with Gasteiger partial charge < -0.3 is 0 Å². The molecule has 0 radical (unpaired) electrons. The fraction of sp³-hybridized carbons (Fsp3) is 0.0476. The average molecular weight is 368 g/mol. The van der Waals surface area contributed by atoms with E-state index in [-0.39, 0.29) is 11.1 Å². The topological polar surface area (TPSA) is 93.4 Å². The Kier molecular flexibility index (Phi) is 4.99. The molecule has 128 valence electrons. The van der Waals surface area contributed by atoms with Gasteiger partial charge in [0.2, 0.25) is 0 Å². The third-order valence-corrected chi connectivity index (χ3v) is 5.05. The Bertz CT molecular complexity index is 1310. The van der Waals surface area contributed by atoms with E-state index in [0.717, 1.165) is 22.5 Å². The summed E-state index contributed by atoms with van der Waals surface area (Å²) in [4.78, 5) is 13.1. The van der Waals surface area contributed by atoms with Gasteiger partial charge in [-0.3, -0.25) is 9.36 Å². The Morgan fingerprint density at radius 3 is 2.30 bits per heavy atom. The van der Waals surface area contributed by atoms with Crippen LogP contribution in [-0.4, -0.2) is 4.57 Å². The van der Waals surface area contributed by atoms with Crippen LogP contribution in [0.5, 0.6) is 0 Å². The van der Waals surface area contributed by atoms with E-state index in [9.17, 15) is 15.3 Å². The number of thiazole rings is 1. The van der Waals surface area contributed by atoms with Gasteiger partial charge in [0.15, 0.2) is 5.57 Å². The smallest absolute Gasteiger partial charge is 0.267 e. The number of para-hydroxylation sites is 1. The molecule has 1 aromatic heterocycles. The predicted octanol–water partition coefficient (Wildman–Crippen LogP) is 2.11. The van der Waals surface area contributed by atoms with Crippen LogP contribution < -0.4 is 14.8 Å². The summed E-state index contributed by atoms with van der Waals surface area (Å²) in [5.41, 5.74) is 2.37. The van der Waals surface area contributed by atoms with Gasteiger partial charge in [0.1, 0.15) is 16.8 Å². The van der Waals surface area contributed by atoms with Gasteiger partial charge in [-0.05, 0) is 42.3 Å². The van der Waals surface area contributed by atoms with E-state index in [4.69, 9.17) is 5.26 Å². The lowest BCUT2D eigenvalue weighted by molar-refractivity contribution is 0.975. The van der Waals surface area contributed by atoms with Gasteiger partial charge in [0.05, 0.1) is 21.9 Å². The van der Waals surface area contributed by atoms with Gasteiger partial charge in [-0.1, -0.05) is 30.3 Å². The molecule has 0 N–H and O–H groups in total. The second kappa shape index (κ2) is 7.54. The first-order valence-corrected chi connectivity index (χ1v) is 8.75. The van der Waals surface area contributed by atoms with Crippen molar-refractivity contribution < 1.29 is 0 Å². The minimum absolute atomic E-state index is 0.111. The number of hydrogen-bond acceptors (Lipinski definition) is 5. The normalized spacial score (nSPS) is 10.7. The minimum atomic E-state index is -0.295. The summed E-state index contributed by atoms with van der Waals surface area (Å²) in [6.07, 6.45) is 1.69. The highest BCUT2D eigenvalue weighted by molar-refractivity contribution is 7.07. The van der Waals surface area contributed by atoms with Crippen molar-refractivity contribution in [2.75, 3.05) is 0 Å². The highest BCUT2D eigenvalue weighted by atomic mass is 32.1. The number of aromatic nitrogens is 1. The molecule has 0 amide bonds. The van der Waals surface area contributed by atoms with E-state index in [2.05, 4.69) is 0 Å². The molecule has 0 saturated heterocycles. The average Bonchev–Trinajstić information content (AvgIpc) is 3.00. The lowest BCUT2D eigenvalue weighted by atomic mass is 10.1. The third-order valence-electron chi connectivity index (χ3n) is 3.95. The molecule has 0 atom stereocenters. The summed E-state index contributed by atoms with van der Waals surface area (Å²) < 4.78 is 2.12. The molecule has 0 spiro atoms. The Morgan fingerprint density at radius 2 is 1.70 bits per heavy atom. The fourth-order valence-corrected chi connectivity index (χ4v) is 3.66. The van der Waals surface area contributed by atoms with Gasteiger partial charge in [0, 0.05) is 0 Å². The molecule has 2 aromatic carbocycles. The van der Waals surface area contributed by atoms with E-state index >= 15 is 0 Å². The maximum Gasteiger partial charge on any atom is 0.273 e. The summed E-state index contributed by atoms with van der Waals surface area (Å²) in [6, 6.07) is 19.9. The molecule has 0 aliphatic heterocycles. The molecule has 0 aliphatic rings. The molecular formula is C21H12N4OS. The van der Waals surface area contributed by atoms with Crippen molar-refractivity contribution in [1.29, 1.82) is 15.8 Å². The molecule has 3 rings (SSSR count). The predicted molar refractivity (Wildman–Crippen MR) is 103 cm³/mol. The highest BCUT2D eigenvalue weighted by Gasteiger charge is 2.12. The SMILES string of the molecule is Cc1ccccc1-n1c(=C(C#N)C#N)s/c(=C/c2ccc(C#N)cc2)c1=O. The Morgan fingerprint density at radius 1 is 1.04 bits per heavy atom. The zero-order valence-electron chi connectivity index (χ0n) is 14.3. The van der Waals surface area contributed by atoms with Gasteiger partial charge in [-0.2, -0.15) is 15.8 Å². The number of nitriles is 3. The van der Waals surface area contributed by atoms with Crippen molar-refractivity contribution in [3.63, 3.8) is 0 Å². The van der Waals surface area contributed by atoms with Crippen LogP contribution in [0, 0.1) is 40.9 Å². The zero-order valence-corrected chi connectivity index (χ0v) is 15.1. The largest absolute Gasteiger partial charge is 0.273 e. The molecule has 0 saturated carbocycles. The molecule has 3 aromatic rings. The number of benzene rings is 2. The van der Waals surface area contributed by atoms with Crippen LogP contribution in [0.3, 0.4) is 0 Å². The first-order valence-electron chi connectivity index (χ1n) is 7.93. The van der Waals surface area contributed by atoms with Crippen LogP contribution in [0.2, 0.25) is 0 Å². The molecule has 27 heavy (non-hydrogen) atoms. The molecule has 5 nitrogen and oxygen atoms in total. The quantitative estimate of drug-likeness (QED) is 0.692. The standard InChI is InChI=1S/C21H12N4OS/c1-14-4-2-3-5-18(14)25-20(26)19(27-21(25)17(12-23)13-24)10-15-6-8-16(11-22)9-7-15/h2-10H,1H3/b19-10+. The van der Waals surface area contributed by atoms with E-state index in [1.807, 2.05) is 37.3 Å². The number of aryl methyl sites for hydroxylation is 1. The lowest BCUT2D eigenvalue weighted by Gasteiger charge is -2.05. The maximum atomic E-state index is 13.1. The van der Waals surface area contributed by atoms with Crippen molar-refractivity contribution in [2.45, 2.75) is 6.92 Å². The van der Waals surface area contributed by atoms with Crippen molar-refractivity contribution in [1.82, 2.24) is 4.57 Å². The molecule has 1 heterocycles. The molecule has 0 bridgehead atoms. The van der Waals surface area contributed by atoms with Gasteiger partial charge in [-0.15, -0.1) is 11.3 Å². The molecule has 0 fully saturated rings. The maximum absolute atomic E-state index is 13.1. The van der Waals surface area contributed by atoms with Crippen LogP contribution in [-0.2, 0) is 0 Å². The van der Waals surface area contributed by atoms with Gasteiger partial charge in [-0.25, -0.2) is 0 Å². The summed E-state index contributed by atoms with van der Waals surface area (Å²) in [5, 5.41) is 27.5. The Hall–Kier alpha value is -3.92. The van der Waals surface area contributed by atoms with Gasteiger partial charge in [0.25, 0.3) is 5.56 Å². The lowest BCUT2D eigenvalue weighted by Crippen LogP contribution is -2.31. The summed E-state index contributed by atoms with van der Waals surface area (Å²) in [7, 11) is 0. The van der Waals surface area contributed by atoms with Crippen LogP contribution >= 0.6 is 11.3 Å². The first kappa shape index (κ1) is 17.9. The van der Waals surface area contributed by atoms with Crippen LogP contribution in [0.15, 0.2) is 53.3 Å². The fourth-order valence-electron chi connectivity index (χ4n) is 2.61. The number of hydrogen-bond donors (Lipinski definition) is 0. The molecular weight excluding hydrogens is 356 g/mol. The zero-order chi connectivity index (χ0) is 19.4. The van der Waals surface area contributed by atoms with Gasteiger partial charge >= 0.3 is 0 Å². The number of rotatable bonds is 2. The molecule has 6 heteroatoms. The minimum Gasteiger partial charge on any atom is -0.267 e. The van der Waals surface area contributed by atoms with E-state index in [0.29, 0.717) is 20.4 Å². The van der Waals surface area contributed by atoms with E-state index in [1.165, 1.54) is 4.57 Å². The van der Waals surface area contributed by atoms with Crippen molar-refractivity contribution in [3.8, 4) is 23.9 Å². The van der Waals surface area contributed by atoms with Crippen molar-refractivity contribution in [3.05, 3.63) is 84.8 Å². The third kappa shape index (κ3) is 3.41. The monoisotopic (exact) mass is 368 g/mol. The molecule has 0 aliphatic carbocycles. The Balaban J connectivity index is 2.38. The Labute approximate surface area is 159 Å². The number of nitrogens with zero attached hydrogens (tertiary/aromatic N) is 4. The summed E-state index contributed by atoms with van der Waals surface area (Å²) in [5.74, 6) is 0. The summed E-state index contributed by atoms with van der Waals surface area (Å²) in [6.45, 7) is 1.87. The van der Waals surface area contributed by atoms with Crippen LogP contribution in [0.4, 0.5) is 0 Å². The molecule has 0 unspecified atom stereocenters. The van der Waals surface area contributed by atoms with E-state index < -0.39 is 0 Å².